The Morgan fingerprint density at radius 1 is 1.56 bits per heavy atom. The first-order valence-corrected chi connectivity index (χ1v) is 4.56. The largest absolute Gasteiger partial charge is 0.271 e. The molecule has 56 valence electrons. The number of hydrogen-bond donors (Lipinski definition) is 2. The maximum Gasteiger partial charge on any atom is 0.0323 e. The monoisotopic (exact) mass is 148 g/mol. The van der Waals surface area contributed by atoms with E-state index in [-0.39, 0.29) is 0 Å². The summed E-state index contributed by atoms with van der Waals surface area (Å²) in [4.78, 5) is 0. The van der Waals surface area contributed by atoms with Crippen molar-refractivity contribution in [1.82, 2.24) is 5.43 Å². The summed E-state index contributed by atoms with van der Waals surface area (Å²) in [5.41, 5.74) is 2.78. The minimum atomic E-state index is 0.458. The molecule has 0 bridgehead atoms. The van der Waals surface area contributed by atoms with E-state index in [4.69, 9.17) is 5.84 Å². The zero-order chi connectivity index (χ0) is 7.28. The van der Waals surface area contributed by atoms with Crippen molar-refractivity contribution in [2.45, 2.75) is 19.9 Å². The van der Waals surface area contributed by atoms with Gasteiger partial charge in [-0.15, -0.1) is 0 Å². The van der Waals surface area contributed by atoms with Crippen molar-refractivity contribution in [1.29, 1.82) is 0 Å². The maximum atomic E-state index is 5.30. The quantitative estimate of drug-likeness (QED) is 0.458. The van der Waals surface area contributed by atoms with Gasteiger partial charge in [0, 0.05) is 11.8 Å². The van der Waals surface area contributed by atoms with Gasteiger partial charge in [-0.1, -0.05) is 13.8 Å². The number of nitrogens with one attached hydrogen (secondary N) is 1. The van der Waals surface area contributed by atoms with Crippen molar-refractivity contribution >= 4 is 11.8 Å². The van der Waals surface area contributed by atoms with Crippen LogP contribution >= 0.6 is 11.8 Å². The molecule has 0 amide bonds. The lowest BCUT2D eigenvalue weighted by Gasteiger charge is -2.17. The SMILES string of the molecule is CSCC(NN)C(C)C. The molecule has 0 heterocycles. The minimum absolute atomic E-state index is 0.458. The van der Waals surface area contributed by atoms with Crippen LogP contribution in [0.4, 0.5) is 0 Å². The summed E-state index contributed by atoms with van der Waals surface area (Å²) in [5, 5.41) is 0. The van der Waals surface area contributed by atoms with E-state index >= 15 is 0 Å². The molecule has 0 spiro atoms. The van der Waals surface area contributed by atoms with Gasteiger partial charge in [0.15, 0.2) is 0 Å². The van der Waals surface area contributed by atoms with Gasteiger partial charge in [-0.25, -0.2) is 0 Å². The van der Waals surface area contributed by atoms with Crippen molar-refractivity contribution in [3.8, 4) is 0 Å². The van der Waals surface area contributed by atoms with Crippen LogP contribution in [-0.4, -0.2) is 18.1 Å². The van der Waals surface area contributed by atoms with E-state index in [1.54, 1.807) is 0 Å². The minimum Gasteiger partial charge on any atom is -0.271 e. The van der Waals surface area contributed by atoms with Gasteiger partial charge in [0.25, 0.3) is 0 Å². The molecular formula is C6H16N2S. The van der Waals surface area contributed by atoms with Crippen LogP contribution in [0, 0.1) is 5.92 Å². The van der Waals surface area contributed by atoms with Gasteiger partial charge in [0.2, 0.25) is 0 Å². The molecule has 0 aromatic heterocycles. The van der Waals surface area contributed by atoms with E-state index in [2.05, 4.69) is 25.5 Å². The summed E-state index contributed by atoms with van der Waals surface area (Å²) in [6, 6.07) is 0.458. The molecule has 0 aliphatic rings. The highest BCUT2D eigenvalue weighted by molar-refractivity contribution is 7.98. The molecule has 9 heavy (non-hydrogen) atoms. The average Bonchev–Trinajstić information content (AvgIpc) is 1.82. The van der Waals surface area contributed by atoms with Crippen LogP contribution in [0.1, 0.15) is 13.8 Å². The second-order valence-corrected chi connectivity index (χ2v) is 3.38. The van der Waals surface area contributed by atoms with Crippen LogP contribution in [0.2, 0.25) is 0 Å². The molecule has 3 N–H and O–H groups in total. The zero-order valence-corrected chi connectivity index (χ0v) is 7.16. The molecule has 0 aliphatic heterocycles. The van der Waals surface area contributed by atoms with Crippen LogP contribution in [-0.2, 0) is 0 Å². The molecule has 0 fully saturated rings. The Balaban J connectivity index is 3.41. The lowest BCUT2D eigenvalue weighted by molar-refractivity contribution is 0.443. The highest BCUT2D eigenvalue weighted by Crippen LogP contribution is 2.05. The Bertz CT molecular complexity index is 66.1. The molecule has 0 aliphatic carbocycles. The van der Waals surface area contributed by atoms with Crippen molar-refractivity contribution in [2.75, 3.05) is 12.0 Å². The van der Waals surface area contributed by atoms with Gasteiger partial charge >= 0.3 is 0 Å². The predicted molar refractivity (Wildman–Crippen MR) is 44.3 cm³/mol. The van der Waals surface area contributed by atoms with Crippen molar-refractivity contribution in [3.63, 3.8) is 0 Å². The summed E-state index contributed by atoms with van der Waals surface area (Å²) in [7, 11) is 0. The number of thioether (sulfide) groups is 1. The van der Waals surface area contributed by atoms with Gasteiger partial charge in [0.1, 0.15) is 0 Å². The maximum absolute atomic E-state index is 5.30. The van der Waals surface area contributed by atoms with E-state index in [1.165, 1.54) is 0 Å². The summed E-state index contributed by atoms with van der Waals surface area (Å²) < 4.78 is 0. The number of hydrogen-bond acceptors (Lipinski definition) is 3. The lowest BCUT2D eigenvalue weighted by Crippen LogP contribution is -2.40. The van der Waals surface area contributed by atoms with Crippen LogP contribution < -0.4 is 11.3 Å². The highest BCUT2D eigenvalue weighted by atomic mass is 32.2. The Morgan fingerprint density at radius 3 is 2.22 bits per heavy atom. The van der Waals surface area contributed by atoms with Crippen LogP contribution in [0.5, 0.6) is 0 Å². The molecular weight excluding hydrogens is 132 g/mol. The third kappa shape index (κ3) is 3.78. The first-order valence-electron chi connectivity index (χ1n) is 3.17. The second kappa shape index (κ2) is 5.09. The Hall–Kier alpha value is 0.270. The number of nitrogens with two attached hydrogens (primary N) is 1. The summed E-state index contributed by atoms with van der Waals surface area (Å²) in [6.45, 7) is 4.33. The zero-order valence-electron chi connectivity index (χ0n) is 6.35. The van der Waals surface area contributed by atoms with E-state index in [0.717, 1.165) is 5.75 Å². The Kier molecular flexibility index (Phi) is 5.24. The third-order valence-electron chi connectivity index (χ3n) is 1.37. The van der Waals surface area contributed by atoms with Crippen LogP contribution in [0.3, 0.4) is 0 Å². The van der Waals surface area contributed by atoms with Gasteiger partial charge in [-0.05, 0) is 12.2 Å². The fourth-order valence-corrected chi connectivity index (χ4v) is 1.45. The third-order valence-corrected chi connectivity index (χ3v) is 2.06. The molecule has 1 unspecified atom stereocenters. The van der Waals surface area contributed by atoms with E-state index in [1.807, 2.05) is 11.8 Å². The molecule has 0 aromatic carbocycles. The van der Waals surface area contributed by atoms with Crippen LogP contribution in [0.25, 0.3) is 0 Å². The molecule has 0 rings (SSSR count). The van der Waals surface area contributed by atoms with Gasteiger partial charge < -0.3 is 0 Å². The average molecular weight is 148 g/mol. The smallest absolute Gasteiger partial charge is 0.0323 e. The fourth-order valence-electron chi connectivity index (χ4n) is 0.613. The predicted octanol–water partition coefficient (Wildman–Crippen LogP) is 0.837. The summed E-state index contributed by atoms with van der Waals surface area (Å²) >= 11 is 1.82. The topological polar surface area (TPSA) is 38.0 Å². The molecule has 2 nitrogen and oxygen atoms in total. The molecule has 0 saturated carbocycles. The van der Waals surface area contributed by atoms with Crippen molar-refractivity contribution in [2.24, 2.45) is 11.8 Å². The van der Waals surface area contributed by atoms with Gasteiger partial charge in [-0.2, -0.15) is 11.8 Å². The molecule has 1 atom stereocenters. The summed E-state index contributed by atoms with van der Waals surface area (Å²) in [6.07, 6.45) is 2.09. The normalized spacial score (nSPS) is 14.3. The lowest BCUT2D eigenvalue weighted by atomic mass is 10.1. The molecule has 0 radical (unpaired) electrons. The summed E-state index contributed by atoms with van der Waals surface area (Å²) in [5.74, 6) is 7.02. The van der Waals surface area contributed by atoms with E-state index in [9.17, 15) is 0 Å². The molecule has 3 heteroatoms. The highest BCUT2D eigenvalue weighted by Gasteiger charge is 2.08. The van der Waals surface area contributed by atoms with Crippen LogP contribution in [0.15, 0.2) is 0 Å². The first-order chi connectivity index (χ1) is 4.22. The number of rotatable bonds is 4. The van der Waals surface area contributed by atoms with Gasteiger partial charge in [0.05, 0.1) is 0 Å². The van der Waals surface area contributed by atoms with Gasteiger partial charge in [-0.3, -0.25) is 11.3 Å². The second-order valence-electron chi connectivity index (χ2n) is 2.47. The number of hydrazine groups is 1. The van der Waals surface area contributed by atoms with E-state index < -0.39 is 0 Å². The first kappa shape index (κ1) is 9.27. The van der Waals surface area contributed by atoms with Crippen molar-refractivity contribution < 1.29 is 0 Å². The van der Waals surface area contributed by atoms with Crippen molar-refractivity contribution in [3.05, 3.63) is 0 Å². The fraction of sp³-hybridized carbons (Fsp3) is 1.00. The Labute approximate surface area is 61.5 Å². The Morgan fingerprint density at radius 2 is 2.11 bits per heavy atom. The molecule has 0 aromatic rings. The van der Waals surface area contributed by atoms with E-state index in [0.29, 0.717) is 12.0 Å². The standard InChI is InChI=1S/C6H16N2S/c1-5(2)6(8-7)4-9-3/h5-6,8H,4,7H2,1-3H3. The molecule has 0 saturated heterocycles.